The van der Waals surface area contributed by atoms with Gasteiger partial charge >= 0.3 is 5.97 Å². The minimum Gasteiger partial charge on any atom is -0.494 e. The molecule has 1 atom stereocenters. The number of esters is 1. The van der Waals surface area contributed by atoms with E-state index in [1.165, 1.54) is 22.7 Å². The Morgan fingerprint density at radius 3 is 2.29 bits per heavy atom. The van der Waals surface area contributed by atoms with Crippen LogP contribution in [0, 0.1) is 5.92 Å². The molecule has 180 valence electrons. The van der Waals surface area contributed by atoms with Crippen LogP contribution in [-0.2, 0) is 15.1 Å². The zero-order valence-corrected chi connectivity index (χ0v) is 20.9. The van der Waals surface area contributed by atoms with Crippen molar-refractivity contribution in [3.8, 4) is 5.75 Å². The molecular weight excluding hydrogens is 466 g/mol. The third kappa shape index (κ3) is 4.80. The first-order valence-corrected chi connectivity index (χ1v) is 14.0. The molecule has 2 aromatic heterocycles. The van der Waals surface area contributed by atoms with E-state index in [-0.39, 0.29) is 6.10 Å². The van der Waals surface area contributed by atoms with Crippen LogP contribution in [0.5, 0.6) is 5.75 Å². The largest absolute Gasteiger partial charge is 0.494 e. The van der Waals surface area contributed by atoms with Gasteiger partial charge in [-0.3, -0.25) is 0 Å². The Morgan fingerprint density at radius 1 is 1.00 bits per heavy atom. The number of quaternary nitrogens is 1. The van der Waals surface area contributed by atoms with Crippen LogP contribution in [0.3, 0.4) is 0 Å². The Balaban J connectivity index is 1.20. The molecule has 1 N–H and O–H groups in total. The van der Waals surface area contributed by atoms with Gasteiger partial charge in [-0.15, -0.1) is 0 Å². The van der Waals surface area contributed by atoms with Crippen LogP contribution in [0.1, 0.15) is 36.8 Å². The van der Waals surface area contributed by atoms with Crippen molar-refractivity contribution in [3.05, 3.63) is 75.1 Å². The smallest absolute Gasteiger partial charge is 0.348 e. The summed E-state index contributed by atoms with van der Waals surface area (Å²) in [6.07, 6.45) is 4.12. The van der Waals surface area contributed by atoms with Gasteiger partial charge in [0.25, 0.3) is 0 Å². The van der Waals surface area contributed by atoms with Gasteiger partial charge in [0.1, 0.15) is 12.3 Å². The van der Waals surface area contributed by atoms with Crippen LogP contribution in [0.4, 0.5) is 0 Å². The van der Waals surface area contributed by atoms with Gasteiger partial charge in [0.05, 0.1) is 26.2 Å². The zero-order chi connectivity index (χ0) is 23.4. The van der Waals surface area contributed by atoms with E-state index in [4.69, 9.17) is 9.47 Å². The summed E-state index contributed by atoms with van der Waals surface area (Å²) in [7, 11) is 0. The summed E-state index contributed by atoms with van der Waals surface area (Å²) in [5, 5.41) is 19.0. The number of nitrogens with zero attached hydrogens (tertiary/aromatic N) is 1. The highest BCUT2D eigenvalue weighted by Gasteiger charge is 2.50. The minimum absolute atomic E-state index is 0.139. The Bertz CT molecular complexity index is 1010. The highest BCUT2D eigenvalue weighted by atomic mass is 32.1. The first-order valence-electron chi connectivity index (χ1n) is 12.1. The lowest BCUT2D eigenvalue weighted by atomic mass is 9.82. The Morgan fingerprint density at radius 2 is 1.68 bits per heavy atom. The van der Waals surface area contributed by atoms with Crippen molar-refractivity contribution in [2.45, 2.75) is 37.4 Å². The summed E-state index contributed by atoms with van der Waals surface area (Å²) >= 11 is 2.95. The monoisotopic (exact) mass is 498 g/mol. The van der Waals surface area contributed by atoms with Gasteiger partial charge in [0.2, 0.25) is 5.60 Å². The molecule has 0 spiro atoms. The fourth-order valence-electron chi connectivity index (χ4n) is 5.49. The Labute approximate surface area is 209 Å². The molecular formula is C27H32NO4S2+. The molecule has 1 unspecified atom stereocenters. The van der Waals surface area contributed by atoms with Crippen LogP contribution in [0.15, 0.2) is 64.0 Å². The second-order valence-corrected chi connectivity index (χ2v) is 11.1. The summed E-state index contributed by atoms with van der Waals surface area (Å²) in [4.78, 5) is 13.5. The average Bonchev–Trinajstić information content (AvgIpc) is 3.60. The van der Waals surface area contributed by atoms with Crippen molar-refractivity contribution in [1.82, 2.24) is 0 Å². The maximum absolute atomic E-state index is 13.5. The van der Waals surface area contributed by atoms with E-state index in [0.29, 0.717) is 17.0 Å². The molecule has 5 heterocycles. The van der Waals surface area contributed by atoms with Gasteiger partial charge in [0, 0.05) is 29.9 Å². The van der Waals surface area contributed by atoms with Crippen molar-refractivity contribution < 1.29 is 23.9 Å². The number of para-hydroxylation sites is 1. The molecule has 0 radical (unpaired) electrons. The number of unbranched alkanes of at least 4 members (excludes halogenated alkanes) is 1. The van der Waals surface area contributed by atoms with Gasteiger partial charge in [-0.25, -0.2) is 4.79 Å². The maximum atomic E-state index is 13.5. The number of hydrogen-bond acceptors (Lipinski definition) is 6. The van der Waals surface area contributed by atoms with Crippen molar-refractivity contribution in [2.75, 3.05) is 32.8 Å². The average molecular weight is 499 g/mol. The summed E-state index contributed by atoms with van der Waals surface area (Å²) < 4.78 is 13.0. The van der Waals surface area contributed by atoms with Gasteiger partial charge in [-0.2, -0.15) is 22.7 Å². The number of fused-ring (bicyclic) bond motifs is 3. The lowest BCUT2D eigenvalue weighted by molar-refractivity contribution is -0.946. The summed E-state index contributed by atoms with van der Waals surface area (Å²) in [5.74, 6) is 0.765. The predicted molar refractivity (Wildman–Crippen MR) is 135 cm³/mol. The fourth-order valence-corrected chi connectivity index (χ4v) is 6.89. The van der Waals surface area contributed by atoms with Gasteiger partial charge in [0.15, 0.2) is 6.10 Å². The molecule has 3 saturated heterocycles. The minimum atomic E-state index is -1.74. The number of hydrogen-bond donors (Lipinski definition) is 1. The van der Waals surface area contributed by atoms with Crippen molar-refractivity contribution in [2.24, 2.45) is 5.92 Å². The van der Waals surface area contributed by atoms with Crippen molar-refractivity contribution >= 4 is 28.6 Å². The molecule has 5 nitrogen and oxygen atoms in total. The summed E-state index contributed by atoms with van der Waals surface area (Å²) in [6.45, 7) is 4.95. The highest BCUT2D eigenvalue weighted by molar-refractivity contribution is 7.08. The first kappa shape index (κ1) is 23.5. The Kier molecular flexibility index (Phi) is 7.06. The molecule has 7 heteroatoms. The number of aliphatic hydroxyl groups is 1. The number of ether oxygens (including phenoxy) is 2. The molecule has 3 aliphatic heterocycles. The molecule has 3 aromatic rings. The van der Waals surface area contributed by atoms with Gasteiger partial charge in [-0.05, 0) is 58.6 Å². The Hall–Kier alpha value is -2.19. The van der Waals surface area contributed by atoms with Gasteiger partial charge < -0.3 is 19.1 Å². The van der Waals surface area contributed by atoms with E-state index in [0.717, 1.165) is 68.7 Å². The summed E-state index contributed by atoms with van der Waals surface area (Å²) in [5.41, 5.74) is -0.569. The van der Waals surface area contributed by atoms with Crippen molar-refractivity contribution in [3.63, 3.8) is 0 Å². The van der Waals surface area contributed by atoms with E-state index in [1.807, 2.05) is 64.0 Å². The van der Waals surface area contributed by atoms with E-state index < -0.39 is 11.6 Å². The lowest BCUT2D eigenvalue weighted by Gasteiger charge is -2.52. The third-order valence-electron chi connectivity index (χ3n) is 7.51. The SMILES string of the molecule is O=C(OC1C[N+]2(CCCCOc3ccccc3)CCC1CC2)C(O)(c1ccsc1)c1ccsc1. The van der Waals surface area contributed by atoms with E-state index >= 15 is 0 Å². The quantitative estimate of drug-likeness (QED) is 0.241. The number of rotatable bonds is 10. The van der Waals surface area contributed by atoms with E-state index in [1.54, 1.807) is 0 Å². The number of carbonyl (C=O) groups is 1. The number of thiophene rings is 2. The maximum Gasteiger partial charge on any atom is 0.348 e. The van der Waals surface area contributed by atoms with E-state index in [2.05, 4.69) is 0 Å². The second kappa shape index (κ2) is 10.2. The molecule has 3 fully saturated rings. The number of carbonyl (C=O) groups excluding carboxylic acids is 1. The predicted octanol–water partition coefficient (Wildman–Crippen LogP) is 5.06. The lowest BCUT2D eigenvalue weighted by Crippen LogP contribution is -2.65. The first-order chi connectivity index (χ1) is 16.6. The van der Waals surface area contributed by atoms with Crippen LogP contribution >= 0.6 is 22.7 Å². The zero-order valence-electron chi connectivity index (χ0n) is 19.3. The molecule has 0 saturated carbocycles. The molecule has 0 amide bonds. The van der Waals surface area contributed by atoms with Crippen LogP contribution in [0.2, 0.25) is 0 Å². The van der Waals surface area contributed by atoms with Crippen molar-refractivity contribution in [1.29, 1.82) is 0 Å². The third-order valence-corrected chi connectivity index (χ3v) is 8.88. The normalized spacial score (nSPS) is 24.1. The molecule has 34 heavy (non-hydrogen) atoms. The standard InChI is InChI=1S/C27H32NO4S2/c29-26(27(30,22-10-16-33-19-22)23-11-17-34-20-23)32-25-18-28(13-8-21(25)9-14-28)12-4-5-15-31-24-6-2-1-3-7-24/h1-3,6-7,10-11,16-17,19-21,25,30H,4-5,8-9,12-15,18H2/q+1. The fraction of sp³-hybridized carbons (Fsp3) is 0.444. The second-order valence-electron chi connectivity index (χ2n) is 9.58. The van der Waals surface area contributed by atoms with Crippen LogP contribution < -0.4 is 4.74 Å². The molecule has 6 rings (SSSR count). The highest BCUT2D eigenvalue weighted by Crippen LogP contribution is 2.39. The van der Waals surface area contributed by atoms with Crippen LogP contribution in [-0.4, -0.2) is 54.4 Å². The molecule has 1 aromatic carbocycles. The topological polar surface area (TPSA) is 55.8 Å². The molecule has 3 aliphatic rings. The molecule has 2 bridgehead atoms. The summed E-state index contributed by atoms with van der Waals surface area (Å²) in [6, 6.07) is 13.6. The number of benzene rings is 1. The van der Waals surface area contributed by atoms with Crippen LogP contribution in [0.25, 0.3) is 0 Å². The number of piperidine rings is 3. The molecule has 0 aliphatic carbocycles. The van der Waals surface area contributed by atoms with E-state index in [9.17, 15) is 9.90 Å². The van der Waals surface area contributed by atoms with Gasteiger partial charge in [-0.1, -0.05) is 18.2 Å².